The highest BCUT2D eigenvalue weighted by atomic mass is 16.4. The van der Waals surface area contributed by atoms with E-state index in [9.17, 15) is 0 Å². The lowest BCUT2D eigenvalue weighted by atomic mass is 10.2. The van der Waals surface area contributed by atoms with E-state index in [0.717, 1.165) is 5.56 Å². The summed E-state index contributed by atoms with van der Waals surface area (Å²) in [6, 6.07) is 9.07. The van der Waals surface area contributed by atoms with E-state index in [1.807, 2.05) is 18.2 Å². The van der Waals surface area contributed by atoms with Gasteiger partial charge in [0.05, 0.1) is 0 Å². The molecule has 6 N–H and O–H groups in total. The Balaban J connectivity index is 0.000000336. The maximum absolute atomic E-state index is 8.25. The molecule has 82 valence electrons. The van der Waals surface area contributed by atoms with E-state index in [-0.39, 0.29) is 11.7 Å². The molecule has 0 saturated carbocycles. The number of rotatable bonds is 1. The number of hydrogen-bond acceptors (Lipinski definition) is 4. The molecule has 0 amide bonds. The van der Waals surface area contributed by atoms with Crippen LogP contribution in [0.25, 0.3) is 0 Å². The molecular formula is C9H14N4O2. The number of nitrogens with zero attached hydrogens (tertiary/aromatic N) is 2. The molecule has 0 atom stereocenters. The van der Waals surface area contributed by atoms with E-state index in [0.29, 0.717) is 0 Å². The predicted molar refractivity (Wildman–Crippen MR) is 58.0 cm³/mol. The maximum atomic E-state index is 8.25. The second-order valence-electron chi connectivity index (χ2n) is 2.59. The highest BCUT2D eigenvalue weighted by Crippen LogP contribution is 1.96. The Morgan fingerprint density at radius 1 is 1.07 bits per heavy atom. The van der Waals surface area contributed by atoms with Gasteiger partial charge < -0.3 is 21.9 Å². The molecule has 0 aromatic heterocycles. The van der Waals surface area contributed by atoms with Crippen molar-refractivity contribution in [1.82, 2.24) is 0 Å². The zero-order chi connectivity index (χ0) is 11.7. The lowest BCUT2D eigenvalue weighted by Crippen LogP contribution is -2.12. The fourth-order valence-electron chi connectivity index (χ4n) is 0.667. The van der Waals surface area contributed by atoms with Crippen molar-refractivity contribution in [2.24, 2.45) is 21.8 Å². The van der Waals surface area contributed by atoms with Crippen molar-refractivity contribution < 1.29 is 10.4 Å². The van der Waals surface area contributed by atoms with Gasteiger partial charge in [0, 0.05) is 5.56 Å². The molecule has 0 heterocycles. The van der Waals surface area contributed by atoms with Crippen LogP contribution in [-0.4, -0.2) is 22.1 Å². The molecular weight excluding hydrogens is 196 g/mol. The Labute approximate surface area is 87.5 Å². The van der Waals surface area contributed by atoms with Gasteiger partial charge in [-0.25, -0.2) is 0 Å². The van der Waals surface area contributed by atoms with Crippen molar-refractivity contribution in [3.63, 3.8) is 0 Å². The molecule has 1 aromatic rings. The molecule has 0 aliphatic heterocycles. The topological polar surface area (TPSA) is 117 Å². The second-order valence-corrected chi connectivity index (χ2v) is 2.59. The smallest absolute Gasteiger partial charge is 0.170 e. The minimum Gasteiger partial charge on any atom is -0.409 e. The van der Waals surface area contributed by atoms with Crippen LogP contribution in [0.15, 0.2) is 40.6 Å². The number of nitrogens with two attached hydrogens (primary N) is 2. The molecule has 6 heteroatoms. The van der Waals surface area contributed by atoms with Gasteiger partial charge >= 0.3 is 0 Å². The van der Waals surface area contributed by atoms with Crippen LogP contribution in [0.4, 0.5) is 0 Å². The standard InChI is InChI=1S/C7H8N2O.C2H6N2O/c8-7(9-10)6-4-2-1-3-5-6;1-2(3)4-5/h1-5,10H,(H2,8,9);5H,1H3,(H2,3,4). The van der Waals surface area contributed by atoms with Crippen molar-refractivity contribution in [3.8, 4) is 0 Å². The highest BCUT2D eigenvalue weighted by molar-refractivity contribution is 5.96. The van der Waals surface area contributed by atoms with Crippen molar-refractivity contribution in [2.45, 2.75) is 6.92 Å². The van der Waals surface area contributed by atoms with Crippen LogP contribution in [0.5, 0.6) is 0 Å². The fourth-order valence-corrected chi connectivity index (χ4v) is 0.667. The van der Waals surface area contributed by atoms with Crippen LogP contribution in [0.1, 0.15) is 12.5 Å². The first-order valence-corrected chi connectivity index (χ1v) is 4.09. The molecule has 0 bridgehead atoms. The molecule has 0 saturated heterocycles. The van der Waals surface area contributed by atoms with Crippen LogP contribution in [0.2, 0.25) is 0 Å². The van der Waals surface area contributed by atoms with Gasteiger partial charge in [0.1, 0.15) is 5.84 Å². The lowest BCUT2D eigenvalue weighted by molar-refractivity contribution is 0.318. The van der Waals surface area contributed by atoms with Gasteiger partial charge in [0.2, 0.25) is 0 Å². The van der Waals surface area contributed by atoms with Gasteiger partial charge in [-0.05, 0) is 6.92 Å². The predicted octanol–water partition coefficient (Wildman–Crippen LogP) is 0.534. The zero-order valence-electron chi connectivity index (χ0n) is 8.33. The number of amidine groups is 2. The summed E-state index contributed by atoms with van der Waals surface area (Å²) < 4.78 is 0. The molecule has 6 nitrogen and oxygen atoms in total. The normalized spacial score (nSPS) is 11.5. The Hall–Kier alpha value is -2.24. The summed E-state index contributed by atoms with van der Waals surface area (Å²) in [4.78, 5) is 0. The summed E-state index contributed by atoms with van der Waals surface area (Å²) in [6.45, 7) is 1.50. The van der Waals surface area contributed by atoms with Gasteiger partial charge in [-0.3, -0.25) is 0 Å². The first-order valence-electron chi connectivity index (χ1n) is 4.09. The Morgan fingerprint density at radius 2 is 1.53 bits per heavy atom. The molecule has 1 aromatic carbocycles. The molecule has 15 heavy (non-hydrogen) atoms. The summed E-state index contributed by atoms with van der Waals surface area (Å²) >= 11 is 0. The van der Waals surface area contributed by atoms with Gasteiger partial charge in [0.25, 0.3) is 0 Å². The van der Waals surface area contributed by atoms with Crippen LogP contribution < -0.4 is 11.5 Å². The zero-order valence-corrected chi connectivity index (χ0v) is 8.33. The Kier molecular flexibility index (Phi) is 6.12. The first kappa shape index (κ1) is 12.8. The van der Waals surface area contributed by atoms with Gasteiger partial charge in [-0.1, -0.05) is 40.6 Å². The molecule has 1 rings (SSSR count). The third kappa shape index (κ3) is 5.92. The van der Waals surface area contributed by atoms with E-state index in [2.05, 4.69) is 10.3 Å². The van der Waals surface area contributed by atoms with Crippen molar-refractivity contribution in [2.75, 3.05) is 0 Å². The van der Waals surface area contributed by atoms with E-state index in [4.69, 9.17) is 21.9 Å². The summed E-state index contributed by atoms with van der Waals surface area (Å²) in [5, 5.41) is 21.3. The lowest BCUT2D eigenvalue weighted by Gasteiger charge is -1.94. The SMILES string of the molecule is CC(N)=NO.NC(=NO)c1ccccc1. The van der Waals surface area contributed by atoms with Crippen LogP contribution in [-0.2, 0) is 0 Å². The maximum Gasteiger partial charge on any atom is 0.170 e. The van der Waals surface area contributed by atoms with Crippen molar-refractivity contribution in [3.05, 3.63) is 35.9 Å². The largest absolute Gasteiger partial charge is 0.409 e. The third-order valence-electron chi connectivity index (χ3n) is 1.34. The van der Waals surface area contributed by atoms with Gasteiger partial charge in [0.15, 0.2) is 5.84 Å². The quantitative estimate of drug-likeness (QED) is 0.234. The Morgan fingerprint density at radius 3 is 1.87 bits per heavy atom. The fraction of sp³-hybridized carbons (Fsp3) is 0.111. The molecule has 0 spiro atoms. The molecule has 0 unspecified atom stereocenters. The summed E-state index contributed by atoms with van der Waals surface area (Å²) in [7, 11) is 0. The number of oxime groups is 2. The molecule has 0 aliphatic rings. The average Bonchev–Trinajstić information content (AvgIpc) is 2.30. The minimum atomic E-state index is 0.139. The van der Waals surface area contributed by atoms with E-state index >= 15 is 0 Å². The van der Waals surface area contributed by atoms with Crippen LogP contribution in [0.3, 0.4) is 0 Å². The third-order valence-corrected chi connectivity index (χ3v) is 1.34. The number of benzene rings is 1. The van der Waals surface area contributed by atoms with Gasteiger partial charge in [-0.15, -0.1) is 0 Å². The second kappa shape index (κ2) is 7.19. The van der Waals surface area contributed by atoms with Crippen molar-refractivity contribution >= 4 is 11.7 Å². The Bertz CT molecular complexity index is 331. The summed E-state index contributed by atoms with van der Waals surface area (Å²) in [5.41, 5.74) is 10.8. The summed E-state index contributed by atoms with van der Waals surface area (Å²) in [5.74, 6) is 0.325. The molecule has 0 radical (unpaired) electrons. The van der Waals surface area contributed by atoms with Gasteiger partial charge in [-0.2, -0.15) is 0 Å². The number of hydrogen-bond donors (Lipinski definition) is 4. The first-order chi connectivity index (χ1) is 7.11. The van der Waals surface area contributed by atoms with E-state index in [1.54, 1.807) is 12.1 Å². The minimum absolute atomic E-state index is 0.139. The monoisotopic (exact) mass is 210 g/mol. The molecule has 0 fully saturated rings. The molecule has 0 aliphatic carbocycles. The van der Waals surface area contributed by atoms with Crippen molar-refractivity contribution in [1.29, 1.82) is 0 Å². The van der Waals surface area contributed by atoms with Crippen LogP contribution >= 0.6 is 0 Å². The van der Waals surface area contributed by atoms with E-state index < -0.39 is 0 Å². The van der Waals surface area contributed by atoms with Crippen LogP contribution in [0, 0.1) is 0 Å². The highest BCUT2D eigenvalue weighted by Gasteiger charge is 1.93. The van der Waals surface area contributed by atoms with E-state index in [1.165, 1.54) is 6.92 Å². The summed E-state index contributed by atoms with van der Waals surface area (Å²) in [6.07, 6.45) is 0. The average molecular weight is 210 g/mol.